The summed E-state index contributed by atoms with van der Waals surface area (Å²) in [7, 11) is 0. The van der Waals surface area contributed by atoms with Crippen molar-refractivity contribution < 1.29 is 10.2 Å². The Bertz CT molecular complexity index is 50.9. The monoisotopic (exact) mass is 296 g/mol. The summed E-state index contributed by atoms with van der Waals surface area (Å²) in [4.78, 5) is 0. The van der Waals surface area contributed by atoms with E-state index in [1.807, 2.05) is 0 Å². The van der Waals surface area contributed by atoms with Crippen molar-refractivity contribution >= 4 is 43.5 Å². The van der Waals surface area contributed by atoms with Crippen molar-refractivity contribution in [2.75, 3.05) is 23.1 Å². The van der Waals surface area contributed by atoms with Gasteiger partial charge in [0.15, 0.2) is 0 Å². The quantitative estimate of drug-likeness (QED) is 0.772. The van der Waals surface area contributed by atoms with Crippen molar-refractivity contribution in [3.63, 3.8) is 0 Å². The third-order valence-corrected chi connectivity index (χ3v) is 2.10. The second kappa shape index (κ2) is 12.8. The molecule has 0 fully saturated rings. The second-order valence-electron chi connectivity index (χ2n) is 1.38. The smallest absolute Gasteiger partial charge is 0.0733 e. The van der Waals surface area contributed by atoms with Crippen LogP contribution in [0.2, 0.25) is 0 Å². The first kappa shape index (κ1) is 13.7. The molecule has 10 heavy (non-hydrogen) atoms. The first-order chi connectivity index (χ1) is 4.72. The zero-order valence-corrected chi connectivity index (χ0v) is 9.36. The zero-order chi connectivity index (χ0) is 8.41. The van der Waals surface area contributed by atoms with Crippen molar-refractivity contribution in [3.05, 3.63) is 0 Å². The van der Waals surface area contributed by atoms with Crippen molar-refractivity contribution in [2.45, 2.75) is 6.10 Å². The fourth-order valence-corrected chi connectivity index (χ4v) is 1.11. The first-order valence-corrected chi connectivity index (χ1v) is 5.47. The van der Waals surface area contributed by atoms with Crippen LogP contribution in [0.1, 0.15) is 0 Å². The maximum atomic E-state index is 8.57. The Balaban J connectivity index is 0. The van der Waals surface area contributed by atoms with Crippen LogP contribution >= 0.6 is 43.5 Å². The molecule has 0 aliphatic heterocycles. The molecular formula is C5H11Br2ClO2. The molecule has 0 unspecified atom stereocenters. The molecule has 0 aliphatic rings. The van der Waals surface area contributed by atoms with Gasteiger partial charge in [-0.15, -0.1) is 11.6 Å². The largest absolute Gasteiger partial charge is 0.395 e. The van der Waals surface area contributed by atoms with Gasteiger partial charge >= 0.3 is 0 Å². The Morgan fingerprint density at radius 1 is 1.30 bits per heavy atom. The van der Waals surface area contributed by atoms with E-state index in [-0.39, 0.29) is 12.7 Å². The lowest BCUT2D eigenvalue weighted by Gasteiger charge is -1.95. The fraction of sp³-hybridized carbons (Fsp3) is 1.00. The third kappa shape index (κ3) is 16.1. The second-order valence-corrected chi connectivity index (χ2v) is 3.05. The SMILES string of the molecule is OC(CBr)CBr.OCCCl. The van der Waals surface area contributed by atoms with Crippen molar-refractivity contribution in [1.82, 2.24) is 0 Å². The zero-order valence-electron chi connectivity index (χ0n) is 5.43. The number of rotatable bonds is 3. The number of alkyl halides is 3. The molecule has 0 amide bonds. The molecule has 0 aliphatic carbocycles. The number of hydrogen-bond acceptors (Lipinski definition) is 2. The molecule has 0 spiro atoms. The van der Waals surface area contributed by atoms with E-state index < -0.39 is 0 Å². The molecule has 0 radical (unpaired) electrons. The van der Waals surface area contributed by atoms with Gasteiger partial charge in [0.05, 0.1) is 12.7 Å². The van der Waals surface area contributed by atoms with Crippen LogP contribution in [0.5, 0.6) is 0 Å². The average molecular weight is 298 g/mol. The fourth-order valence-electron chi connectivity index (χ4n) is 0.0412. The summed E-state index contributed by atoms with van der Waals surface area (Å²) in [6.07, 6.45) is -0.231. The minimum Gasteiger partial charge on any atom is -0.395 e. The van der Waals surface area contributed by atoms with Gasteiger partial charge < -0.3 is 10.2 Å². The molecule has 2 nitrogen and oxygen atoms in total. The van der Waals surface area contributed by atoms with Gasteiger partial charge in [0.25, 0.3) is 0 Å². The Morgan fingerprint density at radius 3 is 1.60 bits per heavy atom. The summed E-state index contributed by atoms with van der Waals surface area (Å²) < 4.78 is 0. The lowest BCUT2D eigenvalue weighted by Crippen LogP contribution is -2.07. The Kier molecular flexibility index (Phi) is 17.6. The van der Waals surface area contributed by atoms with E-state index in [9.17, 15) is 0 Å². The highest BCUT2D eigenvalue weighted by Crippen LogP contribution is 1.92. The van der Waals surface area contributed by atoms with Crippen LogP contribution in [-0.2, 0) is 0 Å². The molecule has 0 aromatic rings. The lowest BCUT2D eigenvalue weighted by atomic mass is 10.5. The standard InChI is InChI=1S/C3H6Br2O.C2H5ClO/c4-1-3(6)2-5;3-1-2-4/h3,6H,1-2H2;4H,1-2H2. The van der Waals surface area contributed by atoms with Crippen LogP contribution in [0.25, 0.3) is 0 Å². The summed E-state index contributed by atoms with van der Waals surface area (Å²) in [6, 6.07) is 0. The molecule has 0 saturated carbocycles. The molecule has 0 aromatic heterocycles. The van der Waals surface area contributed by atoms with E-state index in [0.717, 1.165) is 0 Å². The number of aliphatic hydroxyl groups is 2. The van der Waals surface area contributed by atoms with Gasteiger partial charge in [-0.05, 0) is 0 Å². The van der Waals surface area contributed by atoms with E-state index >= 15 is 0 Å². The summed E-state index contributed by atoms with van der Waals surface area (Å²) >= 11 is 11.1. The van der Waals surface area contributed by atoms with Crippen LogP contribution in [0.4, 0.5) is 0 Å². The van der Waals surface area contributed by atoms with Gasteiger partial charge in [0.1, 0.15) is 0 Å². The Hall–Kier alpha value is 1.17. The molecule has 5 heteroatoms. The van der Waals surface area contributed by atoms with Crippen molar-refractivity contribution in [2.24, 2.45) is 0 Å². The normalized spacial score (nSPS) is 9.00. The highest BCUT2D eigenvalue weighted by atomic mass is 79.9. The Labute approximate surface area is 82.8 Å². The predicted molar refractivity (Wildman–Crippen MR) is 51.4 cm³/mol. The van der Waals surface area contributed by atoms with Gasteiger partial charge in [-0.25, -0.2) is 0 Å². The van der Waals surface area contributed by atoms with E-state index in [4.69, 9.17) is 21.8 Å². The van der Waals surface area contributed by atoms with Gasteiger partial charge in [-0.1, -0.05) is 31.9 Å². The summed E-state index contributed by atoms with van der Waals surface area (Å²) in [6.45, 7) is 0.0849. The number of aliphatic hydroxyl groups excluding tert-OH is 2. The van der Waals surface area contributed by atoms with E-state index in [1.54, 1.807) is 0 Å². The van der Waals surface area contributed by atoms with Crippen molar-refractivity contribution in [1.29, 1.82) is 0 Å². The van der Waals surface area contributed by atoms with Crippen molar-refractivity contribution in [3.8, 4) is 0 Å². The molecular weight excluding hydrogens is 287 g/mol. The lowest BCUT2D eigenvalue weighted by molar-refractivity contribution is 0.227. The van der Waals surface area contributed by atoms with Crippen LogP contribution in [0.15, 0.2) is 0 Å². The summed E-state index contributed by atoms with van der Waals surface area (Å²) in [5.41, 5.74) is 0. The van der Waals surface area contributed by atoms with Gasteiger partial charge in [-0.2, -0.15) is 0 Å². The van der Waals surface area contributed by atoms with Gasteiger partial charge in [0, 0.05) is 16.5 Å². The van der Waals surface area contributed by atoms with Crippen LogP contribution in [0, 0.1) is 0 Å². The van der Waals surface area contributed by atoms with E-state index in [0.29, 0.717) is 16.5 Å². The predicted octanol–water partition coefficient (Wildman–Crippen LogP) is 1.35. The summed E-state index contributed by atoms with van der Waals surface area (Å²) in [5, 5.41) is 17.6. The molecule has 0 aromatic carbocycles. The summed E-state index contributed by atoms with van der Waals surface area (Å²) in [5.74, 6) is 0.347. The molecule has 64 valence electrons. The molecule has 0 heterocycles. The van der Waals surface area contributed by atoms with E-state index in [1.165, 1.54) is 0 Å². The molecule has 0 rings (SSSR count). The minimum atomic E-state index is -0.231. The minimum absolute atomic E-state index is 0.0849. The van der Waals surface area contributed by atoms with Crippen LogP contribution in [0.3, 0.4) is 0 Å². The van der Waals surface area contributed by atoms with E-state index in [2.05, 4.69) is 31.9 Å². The number of hydrogen-bond donors (Lipinski definition) is 2. The van der Waals surface area contributed by atoms with Crippen LogP contribution < -0.4 is 0 Å². The van der Waals surface area contributed by atoms with Gasteiger partial charge in [-0.3, -0.25) is 0 Å². The Morgan fingerprint density at radius 2 is 1.60 bits per heavy atom. The highest BCUT2D eigenvalue weighted by Gasteiger charge is 1.93. The molecule has 0 saturated heterocycles. The molecule has 2 N–H and O–H groups in total. The maximum Gasteiger partial charge on any atom is 0.0733 e. The topological polar surface area (TPSA) is 40.5 Å². The third-order valence-electron chi connectivity index (χ3n) is 0.441. The molecule has 0 bridgehead atoms. The molecule has 0 atom stereocenters. The van der Waals surface area contributed by atoms with Crippen LogP contribution in [-0.4, -0.2) is 39.5 Å². The maximum absolute atomic E-state index is 8.57. The van der Waals surface area contributed by atoms with Gasteiger partial charge in [0.2, 0.25) is 0 Å². The number of halogens is 3. The average Bonchev–Trinajstić information content (AvgIpc) is 2.03. The first-order valence-electron chi connectivity index (χ1n) is 2.69. The highest BCUT2D eigenvalue weighted by molar-refractivity contribution is 9.09.